The molecule has 2 aromatic rings. The zero-order valence-corrected chi connectivity index (χ0v) is 14.0. The number of hydrogen-bond acceptors (Lipinski definition) is 4. The van der Waals surface area contributed by atoms with Crippen LogP contribution in [0.5, 0.6) is 0 Å². The highest BCUT2D eigenvalue weighted by atomic mass is 19.4. The quantitative estimate of drug-likeness (QED) is 0.663. The van der Waals surface area contributed by atoms with Crippen LogP contribution in [0, 0.1) is 15.5 Å². The first kappa shape index (κ1) is 18.1. The number of benzene rings is 2. The molecule has 1 amide bonds. The van der Waals surface area contributed by atoms with Crippen LogP contribution in [0.25, 0.3) is 10.8 Å². The fraction of sp³-hybridized carbons (Fsp3) is 0.353. The van der Waals surface area contributed by atoms with Crippen LogP contribution < -0.4 is 5.43 Å². The van der Waals surface area contributed by atoms with Crippen LogP contribution in [-0.4, -0.2) is 28.6 Å². The van der Waals surface area contributed by atoms with Gasteiger partial charge in [0.05, 0.1) is 15.7 Å². The highest BCUT2D eigenvalue weighted by Crippen LogP contribution is 2.41. The third-order valence-corrected chi connectivity index (χ3v) is 4.44. The number of rotatable bonds is 3. The number of hydrogen-bond donors (Lipinski definition) is 1. The molecule has 0 aromatic heterocycles. The number of non-ortho nitro benzene ring substituents is 1. The predicted molar refractivity (Wildman–Crippen MR) is 88.0 cm³/mol. The maximum Gasteiger partial charge on any atom is 0.409 e. The average Bonchev–Trinajstić information content (AvgIpc) is 2.78. The molecule has 1 fully saturated rings. The fourth-order valence-corrected chi connectivity index (χ4v) is 3.12. The van der Waals surface area contributed by atoms with E-state index in [1.165, 1.54) is 30.3 Å². The number of nitro groups is 1. The van der Waals surface area contributed by atoms with Gasteiger partial charge in [-0.25, -0.2) is 5.01 Å². The summed E-state index contributed by atoms with van der Waals surface area (Å²) in [5.41, 5.74) is 0.873. The second-order valence-corrected chi connectivity index (χ2v) is 6.91. The molecule has 0 aliphatic carbocycles. The highest BCUT2D eigenvalue weighted by Gasteiger charge is 2.51. The van der Waals surface area contributed by atoms with Gasteiger partial charge in [-0.15, -0.1) is 0 Å². The highest BCUT2D eigenvalue weighted by molar-refractivity contribution is 5.91. The van der Waals surface area contributed by atoms with Gasteiger partial charge >= 0.3 is 6.18 Å². The number of amides is 1. The first-order valence-electron chi connectivity index (χ1n) is 7.82. The molecule has 0 saturated carbocycles. The zero-order chi connectivity index (χ0) is 19.3. The summed E-state index contributed by atoms with van der Waals surface area (Å²) in [5, 5.41) is 12.6. The van der Waals surface area contributed by atoms with Crippen molar-refractivity contribution in [2.75, 3.05) is 6.54 Å². The van der Waals surface area contributed by atoms with Crippen molar-refractivity contribution in [1.82, 2.24) is 10.4 Å². The van der Waals surface area contributed by atoms with Gasteiger partial charge < -0.3 is 0 Å². The molecule has 6 nitrogen and oxygen atoms in total. The van der Waals surface area contributed by atoms with Gasteiger partial charge in [-0.05, 0) is 30.9 Å². The number of nitrogens with one attached hydrogen (secondary N) is 1. The van der Waals surface area contributed by atoms with E-state index in [2.05, 4.69) is 5.43 Å². The number of halogens is 3. The van der Waals surface area contributed by atoms with Gasteiger partial charge in [0, 0.05) is 12.6 Å². The van der Waals surface area contributed by atoms with Crippen molar-refractivity contribution < 1.29 is 22.9 Å². The third-order valence-electron chi connectivity index (χ3n) is 4.44. The number of alkyl halides is 3. The molecule has 26 heavy (non-hydrogen) atoms. The molecule has 1 aliphatic rings. The Kier molecular flexibility index (Phi) is 4.14. The number of carbonyl (C=O) groups excluding carboxylic acids is 1. The lowest BCUT2D eigenvalue weighted by atomic mass is 9.93. The Hall–Kier alpha value is -2.68. The second kappa shape index (κ2) is 5.94. The van der Waals surface area contributed by atoms with Crippen LogP contribution >= 0.6 is 0 Å². The predicted octanol–water partition coefficient (Wildman–Crippen LogP) is 3.72. The van der Waals surface area contributed by atoms with Crippen LogP contribution in [-0.2, 0) is 4.79 Å². The summed E-state index contributed by atoms with van der Waals surface area (Å²) in [5.74, 6) is -0.501. The van der Waals surface area contributed by atoms with Crippen molar-refractivity contribution in [3.05, 3.63) is 52.1 Å². The molecule has 138 valence electrons. The van der Waals surface area contributed by atoms with E-state index in [0.29, 0.717) is 5.39 Å². The smallest absolute Gasteiger partial charge is 0.287 e. The standard InChI is InChI=1S/C17H16F3N3O3/c1-16(2)9-22(21-15(16)24)14(17(18,19)20)11-7-6-10-4-3-5-13(23(25)26)12(10)8-11/h3-8,14H,9H2,1-2H3,(H,21,24)/t14-/m0/s1. The van der Waals surface area contributed by atoms with Gasteiger partial charge in [0.25, 0.3) is 5.69 Å². The molecule has 1 N–H and O–H groups in total. The van der Waals surface area contributed by atoms with Crippen LogP contribution in [0.4, 0.5) is 18.9 Å². The topological polar surface area (TPSA) is 75.5 Å². The Balaban J connectivity index is 2.12. The molecule has 3 rings (SSSR count). The van der Waals surface area contributed by atoms with Gasteiger partial charge in [0.2, 0.25) is 5.91 Å². The number of fused-ring (bicyclic) bond motifs is 1. The normalized spacial score (nSPS) is 18.7. The Morgan fingerprint density at radius 2 is 1.96 bits per heavy atom. The monoisotopic (exact) mass is 367 g/mol. The Morgan fingerprint density at radius 3 is 2.50 bits per heavy atom. The molecule has 1 saturated heterocycles. The van der Waals surface area contributed by atoms with Crippen LogP contribution in [0.1, 0.15) is 25.5 Å². The Morgan fingerprint density at radius 1 is 1.27 bits per heavy atom. The SMILES string of the molecule is CC1(C)CN([C@@H](c2ccc3cccc([N+](=O)[O-])c3c2)C(F)(F)F)NC1=O. The molecule has 9 heteroatoms. The molecular weight excluding hydrogens is 351 g/mol. The van der Waals surface area contributed by atoms with E-state index in [4.69, 9.17) is 0 Å². The van der Waals surface area contributed by atoms with Crippen molar-refractivity contribution in [1.29, 1.82) is 0 Å². The zero-order valence-electron chi connectivity index (χ0n) is 14.0. The molecule has 0 radical (unpaired) electrons. The van der Waals surface area contributed by atoms with E-state index in [1.54, 1.807) is 19.9 Å². The summed E-state index contributed by atoms with van der Waals surface area (Å²) in [4.78, 5) is 22.5. The molecule has 0 unspecified atom stereocenters. The summed E-state index contributed by atoms with van der Waals surface area (Å²) in [6.45, 7) is 2.98. The van der Waals surface area contributed by atoms with Crippen LogP contribution in [0.15, 0.2) is 36.4 Å². The number of carbonyl (C=O) groups is 1. The van der Waals surface area contributed by atoms with E-state index in [1.807, 2.05) is 0 Å². The fourth-order valence-electron chi connectivity index (χ4n) is 3.12. The van der Waals surface area contributed by atoms with E-state index in [9.17, 15) is 28.1 Å². The minimum absolute atomic E-state index is 0.119. The van der Waals surface area contributed by atoms with E-state index in [0.717, 1.165) is 5.01 Å². The van der Waals surface area contributed by atoms with E-state index >= 15 is 0 Å². The van der Waals surface area contributed by atoms with Crippen molar-refractivity contribution >= 4 is 22.4 Å². The summed E-state index contributed by atoms with van der Waals surface area (Å²) >= 11 is 0. The maximum absolute atomic E-state index is 13.8. The summed E-state index contributed by atoms with van der Waals surface area (Å²) in [6, 6.07) is 6.08. The van der Waals surface area contributed by atoms with E-state index < -0.39 is 28.5 Å². The van der Waals surface area contributed by atoms with Crippen molar-refractivity contribution in [3.8, 4) is 0 Å². The molecule has 1 aliphatic heterocycles. The van der Waals surface area contributed by atoms with Crippen LogP contribution in [0.3, 0.4) is 0 Å². The van der Waals surface area contributed by atoms with Gasteiger partial charge in [-0.2, -0.15) is 13.2 Å². The number of nitro benzene ring substituents is 1. The molecular formula is C17H16F3N3O3. The van der Waals surface area contributed by atoms with Gasteiger partial charge in [0.15, 0.2) is 0 Å². The van der Waals surface area contributed by atoms with Gasteiger partial charge in [0.1, 0.15) is 6.04 Å². The van der Waals surface area contributed by atoms with E-state index in [-0.39, 0.29) is 23.2 Å². The molecule has 1 atom stereocenters. The molecule has 0 spiro atoms. The maximum atomic E-state index is 13.8. The lowest BCUT2D eigenvalue weighted by molar-refractivity contribution is -0.383. The number of nitrogens with zero attached hydrogens (tertiary/aromatic N) is 2. The minimum Gasteiger partial charge on any atom is -0.287 e. The van der Waals surface area contributed by atoms with Crippen molar-refractivity contribution in [2.45, 2.75) is 26.1 Å². The summed E-state index contributed by atoms with van der Waals surface area (Å²) in [7, 11) is 0. The van der Waals surface area contributed by atoms with Gasteiger partial charge in [-0.1, -0.05) is 24.3 Å². The average molecular weight is 367 g/mol. The lowest BCUT2D eigenvalue weighted by Crippen LogP contribution is -2.43. The van der Waals surface area contributed by atoms with Crippen molar-refractivity contribution in [3.63, 3.8) is 0 Å². The summed E-state index contributed by atoms with van der Waals surface area (Å²) in [6.07, 6.45) is -4.68. The largest absolute Gasteiger partial charge is 0.409 e. The Labute approximate surface area is 146 Å². The number of hydrazine groups is 1. The summed E-state index contributed by atoms with van der Waals surface area (Å²) < 4.78 is 41.3. The molecule has 0 bridgehead atoms. The first-order valence-corrected chi connectivity index (χ1v) is 7.82. The molecule has 2 aromatic carbocycles. The van der Waals surface area contributed by atoms with Gasteiger partial charge in [-0.3, -0.25) is 20.3 Å². The minimum atomic E-state index is -4.68. The van der Waals surface area contributed by atoms with Crippen molar-refractivity contribution in [2.24, 2.45) is 5.41 Å². The molecule has 1 heterocycles. The second-order valence-electron chi connectivity index (χ2n) is 6.91. The lowest BCUT2D eigenvalue weighted by Gasteiger charge is -2.30. The Bertz CT molecular complexity index is 896. The third kappa shape index (κ3) is 3.10. The van der Waals surface area contributed by atoms with Crippen LogP contribution in [0.2, 0.25) is 0 Å². The first-order chi connectivity index (χ1) is 12.0.